The number of ether oxygens (including phenoxy) is 1. The molecule has 1 fully saturated rings. The highest BCUT2D eigenvalue weighted by atomic mass is 79.9. The van der Waals surface area contributed by atoms with Gasteiger partial charge in [0.15, 0.2) is 0 Å². The van der Waals surface area contributed by atoms with Gasteiger partial charge < -0.3 is 14.5 Å². The summed E-state index contributed by atoms with van der Waals surface area (Å²) in [6.07, 6.45) is 1.28. The Bertz CT molecular complexity index is 430. The Morgan fingerprint density at radius 1 is 1.25 bits per heavy atom. The summed E-state index contributed by atoms with van der Waals surface area (Å²) in [6.45, 7) is 10.8. The Hall–Kier alpha value is -0.580. The quantitative estimate of drug-likeness (QED) is 0.799. The molecule has 1 aromatic rings. The SMILES string of the molecule is CC[C@@H](C)[NH+]1CC[NH+](Cc2cc(Br)ccc2OC)CC1. The van der Waals surface area contributed by atoms with Crippen molar-refractivity contribution >= 4 is 15.9 Å². The molecule has 1 heterocycles. The van der Waals surface area contributed by atoms with E-state index in [9.17, 15) is 0 Å². The van der Waals surface area contributed by atoms with Crippen molar-refractivity contribution in [2.75, 3.05) is 33.3 Å². The van der Waals surface area contributed by atoms with Gasteiger partial charge in [0.1, 0.15) is 38.5 Å². The van der Waals surface area contributed by atoms with E-state index in [0.717, 1.165) is 22.8 Å². The zero-order chi connectivity index (χ0) is 14.5. The first kappa shape index (κ1) is 15.8. The molecule has 0 radical (unpaired) electrons. The fraction of sp³-hybridized carbons (Fsp3) is 0.625. The van der Waals surface area contributed by atoms with Crippen LogP contribution < -0.4 is 14.5 Å². The third-order valence-corrected chi connectivity index (χ3v) is 5.08. The summed E-state index contributed by atoms with van der Waals surface area (Å²) < 4.78 is 6.61. The molecule has 0 aromatic heterocycles. The Balaban J connectivity index is 1.94. The van der Waals surface area contributed by atoms with Crippen LogP contribution in [0.5, 0.6) is 5.75 Å². The van der Waals surface area contributed by atoms with Gasteiger partial charge in [-0.1, -0.05) is 22.9 Å². The average Bonchev–Trinajstić information content (AvgIpc) is 2.47. The maximum absolute atomic E-state index is 5.48. The van der Waals surface area contributed by atoms with E-state index in [1.165, 1.54) is 38.2 Å². The average molecular weight is 343 g/mol. The summed E-state index contributed by atoms with van der Waals surface area (Å²) >= 11 is 3.56. The third kappa shape index (κ3) is 3.96. The Morgan fingerprint density at radius 2 is 1.95 bits per heavy atom. The predicted molar refractivity (Wildman–Crippen MR) is 85.5 cm³/mol. The number of hydrogen-bond acceptors (Lipinski definition) is 1. The smallest absolute Gasteiger partial charge is 0.127 e. The lowest BCUT2D eigenvalue weighted by atomic mass is 10.1. The summed E-state index contributed by atoms with van der Waals surface area (Å²) in [5.41, 5.74) is 1.31. The number of hydrogen-bond donors (Lipinski definition) is 2. The van der Waals surface area contributed by atoms with E-state index in [4.69, 9.17) is 4.74 Å². The number of halogens is 1. The van der Waals surface area contributed by atoms with Crippen LogP contribution in [-0.4, -0.2) is 39.3 Å². The molecule has 1 aromatic carbocycles. The largest absolute Gasteiger partial charge is 0.496 e. The molecular weight excluding hydrogens is 316 g/mol. The van der Waals surface area contributed by atoms with Crippen LogP contribution in [0.25, 0.3) is 0 Å². The van der Waals surface area contributed by atoms with Gasteiger partial charge in [-0.2, -0.15) is 0 Å². The highest BCUT2D eigenvalue weighted by Gasteiger charge is 2.26. The van der Waals surface area contributed by atoms with Crippen LogP contribution in [0.4, 0.5) is 0 Å². The van der Waals surface area contributed by atoms with E-state index in [1.54, 1.807) is 16.9 Å². The number of quaternary nitrogens is 2. The molecule has 1 saturated heterocycles. The van der Waals surface area contributed by atoms with Gasteiger partial charge in [-0.05, 0) is 31.5 Å². The second-order valence-corrected chi connectivity index (χ2v) is 6.77. The van der Waals surface area contributed by atoms with Gasteiger partial charge in [0.2, 0.25) is 0 Å². The molecule has 1 aliphatic heterocycles. The van der Waals surface area contributed by atoms with Gasteiger partial charge in [-0.15, -0.1) is 0 Å². The zero-order valence-corrected chi connectivity index (χ0v) is 14.4. The monoisotopic (exact) mass is 342 g/mol. The van der Waals surface area contributed by atoms with Crippen molar-refractivity contribution < 1.29 is 14.5 Å². The molecule has 0 saturated carbocycles. The van der Waals surface area contributed by atoms with Crippen LogP contribution in [0.2, 0.25) is 0 Å². The van der Waals surface area contributed by atoms with Gasteiger partial charge in [0.25, 0.3) is 0 Å². The molecule has 2 N–H and O–H groups in total. The van der Waals surface area contributed by atoms with Crippen LogP contribution in [0, 0.1) is 0 Å². The molecule has 4 heteroatoms. The summed E-state index contributed by atoms with van der Waals surface area (Å²) in [7, 11) is 1.76. The summed E-state index contributed by atoms with van der Waals surface area (Å²) in [5.74, 6) is 1.01. The molecule has 0 amide bonds. The first-order valence-electron chi connectivity index (χ1n) is 7.64. The highest BCUT2D eigenvalue weighted by molar-refractivity contribution is 9.10. The first-order valence-corrected chi connectivity index (χ1v) is 8.44. The molecule has 3 nitrogen and oxygen atoms in total. The lowest BCUT2D eigenvalue weighted by molar-refractivity contribution is -1.03. The maximum atomic E-state index is 5.48. The fourth-order valence-corrected chi connectivity index (χ4v) is 3.45. The minimum absolute atomic E-state index is 0.803. The predicted octanol–water partition coefficient (Wildman–Crippen LogP) is 0.540. The third-order valence-electron chi connectivity index (χ3n) is 4.59. The van der Waals surface area contributed by atoms with Gasteiger partial charge in [0, 0.05) is 10.0 Å². The Morgan fingerprint density at radius 3 is 2.55 bits per heavy atom. The number of benzene rings is 1. The second-order valence-electron chi connectivity index (χ2n) is 5.85. The van der Waals surface area contributed by atoms with Gasteiger partial charge in [-0.3, -0.25) is 0 Å². The van der Waals surface area contributed by atoms with E-state index in [-0.39, 0.29) is 0 Å². The van der Waals surface area contributed by atoms with Crippen LogP contribution >= 0.6 is 15.9 Å². The molecule has 1 aliphatic rings. The molecule has 112 valence electrons. The number of rotatable bonds is 5. The minimum atomic E-state index is 0.803. The van der Waals surface area contributed by atoms with Crippen molar-refractivity contribution in [1.29, 1.82) is 0 Å². The van der Waals surface area contributed by atoms with E-state index in [2.05, 4.69) is 41.9 Å². The van der Waals surface area contributed by atoms with Crippen LogP contribution in [0.15, 0.2) is 22.7 Å². The summed E-state index contributed by atoms with van der Waals surface area (Å²) in [6, 6.07) is 7.10. The molecule has 0 aliphatic carbocycles. The molecule has 0 spiro atoms. The number of methoxy groups -OCH3 is 1. The maximum Gasteiger partial charge on any atom is 0.127 e. The van der Waals surface area contributed by atoms with Crippen molar-refractivity contribution in [3.05, 3.63) is 28.2 Å². The molecule has 2 rings (SSSR count). The number of piperazine rings is 1. The molecule has 1 atom stereocenters. The van der Waals surface area contributed by atoms with Gasteiger partial charge in [-0.25, -0.2) is 0 Å². The van der Waals surface area contributed by atoms with Crippen molar-refractivity contribution in [3.8, 4) is 5.75 Å². The van der Waals surface area contributed by atoms with E-state index in [1.807, 2.05) is 6.07 Å². The standard InChI is InChI=1S/C16H25BrN2O/c1-4-13(2)19-9-7-18(8-10-19)12-14-11-15(17)5-6-16(14)20-3/h5-6,11,13H,4,7-10,12H2,1-3H3/p+2/t13-/m1/s1. The Labute approximate surface area is 131 Å². The zero-order valence-electron chi connectivity index (χ0n) is 12.8. The molecular formula is C16H27BrN2O+2. The highest BCUT2D eigenvalue weighted by Crippen LogP contribution is 2.22. The van der Waals surface area contributed by atoms with Crippen molar-refractivity contribution in [1.82, 2.24) is 0 Å². The second kappa shape index (κ2) is 7.43. The lowest BCUT2D eigenvalue weighted by Gasteiger charge is -2.33. The molecule has 20 heavy (non-hydrogen) atoms. The normalized spacial score (nSPS) is 24.4. The summed E-state index contributed by atoms with van der Waals surface area (Å²) in [4.78, 5) is 3.45. The van der Waals surface area contributed by atoms with Gasteiger partial charge >= 0.3 is 0 Å². The molecule has 0 unspecified atom stereocenters. The minimum Gasteiger partial charge on any atom is -0.496 e. The summed E-state index contributed by atoms with van der Waals surface area (Å²) in [5, 5.41) is 0. The van der Waals surface area contributed by atoms with E-state index >= 15 is 0 Å². The fourth-order valence-electron chi connectivity index (χ4n) is 3.04. The first-order chi connectivity index (χ1) is 9.63. The van der Waals surface area contributed by atoms with Crippen molar-refractivity contribution in [3.63, 3.8) is 0 Å². The molecule has 0 bridgehead atoms. The van der Waals surface area contributed by atoms with Crippen LogP contribution in [0.1, 0.15) is 25.8 Å². The van der Waals surface area contributed by atoms with Crippen molar-refractivity contribution in [2.24, 2.45) is 0 Å². The Kier molecular flexibility index (Phi) is 5.87. The van der Waals surface area contributed by atoms with Gasteiger partial charge in [0.05, 0.1) is 13.2 Å². The van der Waals surface area contributed by atoms with Crippen molar-refractivity contribution in [2.45, 2.75) is 32.9 Å². The van der Waals surface area contributed by atoms with E-state index < -0.39 is 0 Å². The number of nitrogens with one attached hydrogen (secondary N) is 2. The van der Waals surface area contributed by atoms with E-state index in [0.29, 0.717) is 0 Å². The lowest BCUT2D eigenvalue weighted by Crippen LogP contribution is -3.29. The van der Waals surface area contributed by atoms with Crippen LogP contribution in [-0.2, 0) is 6.54 Å². The topological polar surface area (TPSA) is 18.1 Å². The van der Waals surface area contributed by atoms with Crippen LogP contribution in [0.3, 0.4) is 0 Å².